The van der Waals surface area contributed by atoms with Crippen LogP contribution in [0.15, 0.2) is 77.3 Å². The number of fused-ring (bicyclic) bond motifs is 1. The third-order valence-electron chi connectivity index (χ3n) is 7.25. The van der Waals surface area contributed by atoms with E-state index in [2.05, 4.69) is 25.7 Å². The Bertz CT molecular complexity index is 1980. The lowest BCUT2D eigenvalue weighted by Gasteiger charge is -2.38. The van der Waals surface area contributed by atoms with Crippen molar-refractivity contribution in [2.75, 3.05) is 31.5 Å². The van der Waals surface area contributed by atoms with Crippen molar-refractivity contribution in [2.45, 2.75) is 26.3 Å². The Balaban J connectivity index is 1.15. The number of nitrogens with zero attached hydrogens (tertiary/aromatic N) is 7. The van der Waals surface area contributed by atoms with Gasteiger partial charge in [-0.05, 0) is 47.2 Å². The number of halogens is 2. The van der Waals surface area contributed by atoms with Crippen LogP contribution in [0.2, 0.25) is 0 Å². The lowest BCUT2D eigenvalue weighted by molar-refractivity contribution is -0.118. The summed E-state index contributed by atoms with van der Waals surface area (Å²) < 4.78 is 77.5. The molecule has 3 aromatic heterocycles. The minimum Gasteiger partial charge on any atom is -0.456 e. The molecular formula is C31H30F2N8O3. The van der Waals surface area contributed by atoms with Crippen molar-refractivity contribution < 1.29 is 31.0 Å². The van der Waals surface area contributed by atoms with Crippen LogP contribution < -0.4 is 5.32 Å². The van der Waals surface area contributed by atoms with Crippen molar-refractivity contribution in [3.63, 3.8) is 0 Å². The number of amides is 2. The molecule has 1 fully saturated rings. The predicted molar refractivity (Wildman–Crippen MR) is 158 cm³/mol. The molecule has 0 radical (unpaired) electrons. The minimum atomic E-state index is -3.03. The van der Waals surface area contributed by atoms with Gasteiger partial charge in [0, 0.05) is 63.2 Å². The second kappa shape index (κ2) is 12.3. The number of piperazine rings is 1. The van der Waals surface area contributed by atoms with E-state index in [1.165, 1.54) is 18.3 Å². The average molecular weight is 607 g/mol. The Labute approximate surface area is 259 Å². The molecule has 0 spiro atoms. The van der Waals surface area contributed by atoms with Gasteiger partial charge >= 0.3 is 6.55 Å². The van der Waals surface area contributed by atoms with Crippen LogP contribution in [0.3, 0.4) is 0 Å². The van der Waals surface area contributed by atoms with E-state index in [1.54, 1.807) is 29.2 Å². The highest BCUT2D eigenvalue weighted by Gasteiger charge is 2.32. The summed E-state index contributed by atoms with van der Waals surface area (Å²) in [5.74, 6) is -3.16. The molecule has 13 heteroatoms. The number of tetrazole rings is 1. The maximum absolute atomic E-state index is 13.6. The molecule has 1 aliphatic heterocycles. The molecule has 1 N–H and O–H groups in total. The van der Waals surface area contributed by atoms with Gasteiger partial charge in [0.05, 0.1) is 6.04 Å². The van der Waals surface area contributed by atoms with Crippen molar-refractivity contribution in [2.24, 2.45) is 5.92 Å². The molecule has 44 heavy (non-hydrogen) atoms. The van der Waals surface area contributed by atoms with Crippen LogP contribution in [0.5, 0.6) is 0 Å². The number of hydrogen-bond acceptors (Lipinski definition) is 8. The van der Waals surface area contributed by atoms with E-state index < -0.39 is 38.1 Å². The highest BCUT2D eigenvalue weighted by molar-refractivity contribution is 5.96. The molecule has 4 heterocycles. The summed E-state index contributed by atoms with van der Waals surface area (Å²) in [7, 11) is 0. The molecule has 6 rings (SSSR count). The van der Waals surface area contributed by atoms with Crippen LogP contribution >= 0.6 is 0 Å². The molecule has 0 bridgehead atoms. The molecule has 1 atom stereocenters. The fraction of sp³-hybridized carbons (Fsp3) is 0.290. The zero-order chi connectivity index (χ0) is 35.8. The van der Waals surface area contributed by atoms with Gasteiger partial charge in [-0.3, -0.25) is 19.5 Å². The molecule has 1 saturated heterocycles. The molecule has 1 aliphatic rings. The van der Waals surface area contributed by atoms with E-state index in [4.69, 9.17) is 12.6 Å². The smallest absolute Gasteiger partial charge is 0.350 e. The quantitative estimate of drug-likeness (QED) is 0.261. The van der Waals surface area contributed by atoms with Gasteiger partial charge in [-0.1, -0.05) is 48.8 Å². The summed E-state index contributed by atoms with van der Waals surface area (Å²) in [6.07, 6.45) is 1.48. The fourth-order valence-corrected chi connectivity index (χ4v) is 5.11. The average Bonchev–Trinajstić information content (AvgIpc) is 3.72. The maximum atomic E-state index is 13.6. The molecule has 11 nitrogen and oxygen atoms in total. The standard InChI is InChI=1S/C31H30F2N8O3/c1-19(2)29(42)35-23-8-9-25-22(16-23)18-26(44-25)21-10-11-34-24(17-21)30(43)40-14-12-39(13-15-40)27(20-6-4-3-5-7-20)28-36-38-41(37-28)31(32)33/h3-11,16-19,27,31H,12-15H2,1-2H3,(H,35,42)/t27-/m1/s1/i1D3,2D3. The van der Waals surface area contributed by atoms with Crippen LogP contribution in [0.4, 0.5) is 14.5 Å². The first kappa shape index (κ1) is 22.5. The molecule has 226 valence electrons. The van der Waals surface area contributed by atoms with Crippen LogP contribution in [-0.4, -0.2) is 73.0 Å². The molecule has 2 amide bonds. The summed E-state index contributed by atoms with van der Waals surface area (Å²) in [4.78, 5) is 34.4. The Morgan fingerprint density at radius 2 is 1.80 bits per heavy atom. The topological polar surface area (TPSA) is 122 Å². The molecule has 2 aromatic carbocycles. The first-order valence-corrected chi connectivity index (χ1v) is 13.7. The second-order valence-corrected chi connectivity index (χ2v) is 10.1. The lowest BCUT2D eigenvalue weighted by Crippen LogP contribution is -2.50. The van der Waals surface area contributed by atoms with Gasteiger partial charge < -0.3 is 14.6 Å². The van der Waals surface area contributed by atoms with Gasteiger partial charge in [0.1, 0.15) is 17.0 Å². The third kappa shape index (κ3) is 6.04. The first-order valence-electron chi connectivity index (χ1n) is 16.7. The van der Waals surface area contributed by atoms with Gasteiger partial charge in [-0.2, -0.15) is 8.78 Å². The van der Waals surface area contributed by atoms with Crippen molar-refractivity contribution >= 4 is 28.5 Å². The van der Waals surface area contributed by atoms with Crippen LogP contribution in [0.25, 0.3) is 22.3 Å². The number of carbonyl (C=O) groups is 2. The SMILES string of the molecule is [2H]C([2H])([2H])C(C(=O)Nc1ccc2oc(-c3ccnc(C(=O)N4CCN([C@H](c5ccccc5)c5nnn(C(F)F)n5)CC4)c3)cc2c1)C([2H])([2H])[2H]. The van der Waals surface area contributed by atoms with E-state index >= 15 is 0 Å². The Kier molecular flexibility index (Phi) is 6.28. The van der Waals surface area contributed by atoms with E-state index in [1.807, 2.05) is 35.2 Å². The van der Waals surface area contributed by atoms with Gasteiger partial charge in [0.15, 0.2) is 5.82 Å². The number of furan rings is 1. The van der Waals surface area contributed by atoms with E-state index in [9.17, 15) is 18.4 Å². The third-order valence-corrected chi connectivity index (χ3v) is 7.25. The number of pyridine rings is 1. The normalized spacial score (nSPS) is 17.4. The number of anilines is 1. The molecule has 0 saturated carbocycles. The van der Waals surface area contributed by atoms with Crippen molar-refractivity contribution in [3.05, 3.63) is 90.0 Å². The van der Waals surface area contributed by atoms with Crippen molar-refractivity contribution in [3.8, 4) is 11.3 Å². The van der Waals surface area contributed by atoms with Gasteiger partial charge in [0.25, 0.3) is 5.91 Å². The predicted octanol–water partition coefficient (Wildman–Crippen LogP) is 5.02. The zero-order valence-corrected chi connectivity index (χ0v) is 23.1. The number of rotatable bonds is 8. The monoisotopic (exact) mass is 606 g/mol. The summed E-state index contributed by atoms with van der Waals surface area (Å²) in [5.41, 5.74) is 2.13. The van der Waals surface area contributed by atoms with Crippen LogP contribution in [-0.2, 0) is 4.79 Å². The van der Waals surface area contributed by atoms with Crippen molar-refractivity contribution in [1.82, 2.24) is 35.0 Å². The Hall–Kier alpha value is -5.04. The minimum absolute atomic E-state index is 0.126. The number of hydrogen-bond donors (Lipinski definition) is 1. The largest absolute Gasteiger partial charge is 0.456 e. The molecule has 5 aromatic rings. The molecular weight excluding hydrogens is 570 g/mol. The van der Waals surface area contributed by atoms with E-state index in [0.717, 1.165) is 5.56 Å². The Morgan fingerprint density at radius 3 is 2.52 bits per heavy atom. The van der Waals surface area contributed by atoms with E-state index in [0.29, 0.717) is 48.5 Å². The number of benzene rings is 2. The summed E-state index contributed by atoms with van der Waals surface area (Å²) in [6, 6.07) is 18.1. The Morgan fingerprint density at radius 1 is 1.00 bits per heavy atom. The summed E-state index contributed by atoms with van der Waals surface area (Å²) >= 11 is 0. The number of carbonyl (C=O) groups excluding carboxylic acids is 2. The second-order valence-electron chi connectivity index (χ2n) is 10.1. The van der Waals surface area contributed by atoms with Gasteiger partial charge in [-0.25, -0.2) is 0 Å². The summed E-state index contributed by atoms with van der Waals surface area (Å²) in [5, 5.41) is 14.2. The van der Waals surface area contributed by atoms with Gasteiger partial charge in [-0.15, -0.1) is 10.2 Å². The van der Waals surface area contributed by atoms with Gasteiger partial charge in [0.2, 0.25) is 5.91 Å². The first-order chi connectivity index (χ1) is 23.7. The number of nitrogens with one attached hydrogen (secondary N) is 1. The lowest BCUT2D eigenvalue weighted by atomic mass is 10.0. The fourth-order valence-electron chi connectivity index (χ4n) is 5.11. The van der Waals surface area contributed by atoms with E-state index in [-0.39, 0.29) is 27.9 Å². The number of aromatic nitrogens is 5. The number of alkyl halides is 2. The van der Waals surface area contributed by atoms with Crippen molar-refractivity contribution in [1.29, 1.82) is 0 Å². The zero-order valence-electron chi connectivity index (χ0n) is 29.1. The highest BCUT2D eigenvalue weighted by Crippen LogP contribution is 2.31. The maximum Gasteiger partial charge on any atom is 0.350 e. The molecule has 0 aliphatic carbocycles. The summed E-state index contributed by atoms with van der Waals surface area (Å²) in [6.45, 7) is -7.55. The highest BCUT2D eigenvalue weighted by atomic mass is 19.3. The molecule has 0 unspecified atom stereocenters. The van der Waals surface area contributed by atoms with Crippen LogP contribution in [0.1, 0.15) is 56.4 Å². The van der Waals surface area contributed by atoms with Crippen LogP contribution in [0, 0.1) is 5.92 Å².